The lowest BCUT2D eigenvalue weighted by Crippen LogP contribution is -2.45. The van der Waals surface area contributed by atoms with E-state index in [0.717, 1.165) is 61.2 Å². The molecule has 1 unspecified atom stereocenters. The van der Waals surface area contributed by atoms with E-state index >= 15 is 4.79 Å². The van der Waals surface area contributed by atoms with Crippen LogP contribution in [-0.4, -0.2) is 115 Å². The maximum atomic E-state index is 15.0. The molecule has 0 bridgehead atoms. The maximum Gasteiger partial charge on any atom is 0.407 e. The number of hydrogen-bond donors (Lipinski definition) is 6. The molecule has 0 spiro atoms. The molecule has 7 aromatic rings. The summed E-state index contributed by atoms with van der Waals surface area (Å²) >= 11 is 0. The van der Waals surface area contributed by atoms with Crippen molar-refractivity contribution in [3.63, 3.8) is 0 Å². The van der Waals surface area contributed by atoms with Gasteiger partial charge < -0.3 is 55.6 Å². The van der Waals surface area contributed by atoms with Gasteiger partial charge in [-0.25, -0.2) is 9.59 Å². The smallest absolute Gasteiger partial charge is 0.407 e. The number of alkyl carbamates (subject to hydrolysis) is 2. The summed E-state index contributed by atoms with van der Waals surface area (Å²) < 4.78 is 28.6. The van der Waals surface area contributed by atoms with Crippen molar-refractivity contribution < 1.29 is 57.2 Å². The first-order valence-electron chi connectivity index (χ1n) is 31.5. The molecule has 0 aliphatic heterocycles. The van der Waals surface area contributed by atoms with Gasteiger partial charge >= 0.3 is 12.2 Å². The van der Waals surface area contributed by atoms with Crippen LogP contribution >= 0.6 is 0 Å². The molecule has 18 heteroatoms. The highest BCUT2D eigenvalue weighted by atomic mass is 16.6. The molecule has 0 radical (unpaired) electrons. The number of fused-ring (bicyclic) bond motifs is 6. The van der Waals surface area contributed by atoms with E-state index in [9.17, 15) is 28.8 Å². The van der Waals surface area contributed by atoms with Crippen LogP contribution in [-0.2, 0) is 40.0 Å². The van der Waals surface area contributed by atoms with Gasteiger partial charge in [0, 0.05) is 61.2 Å². The van der Waals surface area contributed by atoms with Crippen molar-refractivity contribution >= 4 is 41.5 Å². The number of unbranched alkanes of at least 4 members (excludes halogenated alkanes) is 2. The molecular weight excluding hydrogens is 1160 g/mol. The van der Waals surface area contributed by atoms with E-state index in [2.05, 4.69) is 44.0 Å². The van der Waals surface area contributed by atoms with Crippen LogP contribution in [0.4, 0.5) is 9.59 Å². The molecule has 18 nitrogen and oxygen atoms in total. The number of carbonyl (C=O) groups is 7. The molecule has 9 rings (SSSR count). The van der Waals surface area contributed by atoms with Gasteiger partial charge in [0.1, 0.15) is 30.5 Å². The summed E-state index contributed by atoms with van der Waals surface area (Å²) in [4.78, 5) is 95.7. The van der Waals surface area contributed by atoms with Gasteiger partial charge in [-0.3, -0.25) is 24.0 Å². The summed E-state index contributed by atoms with van der Waals surface area (Å²) in [6, 6.07) is 51.5. The van der Waals surface area contributed by atoms with Crippen LogP contribution in [0.25, 0.3) is 22.3 Å². The first kappa shape index (κ1) is 66.6. The molecule has 3 atom stereocenters. The Morgan fingerprint density at radius 3 is 1.63 bits per heavy atom. The van der Waals surface area contributed by atoms with Crippen LogP contribution < -0.4 is 46.1 Å². The number of carbonyl (C=O) groups excluding carboxylic acids is 7. The fourth-order valence-electron chi connectivity index (χ4n) is 12.1. The van der Waals surface area contributed by atoms with Gasteiger partial charge in [-0.1, -0.05) is 152 Å². The number of ketones is 2. The summed E-state index contributed by atoms with van der Waals surface area (Å²) in [6.07, 6.45) is 0.778. The molecule has 7 aromatic carbocycles. The van der Waals surface area contributed by atoms with Crippen molar-refractivity contribution in [3.8, 4) is 39.5 Å². The summed E-state index contributed by atoms with van der Waals surface area (Å²) in [7, 11) is 4.93. The van der Waals surface area contributed by atoms with Gasteiger partial charge in [0.05, 0.1) is 33.4 Å². The Labute approximate surface area is 537 Å². The van der Waals surface area contributed by atoms with Crippen LogP contribution in [0.1, 0.15) is 114 Å². The standard InChI is InChI=1S/C74H82N6O12/c1-48-27-29-49(30-28-48)42-77-71(84)47-90-53-33-31-50(32-34-53)64(63-36-35-54(88-3)40-69(63)89-4)41-68(82)67(26-14-15-37-75-2)80-72(85)51(39-52(81)43-78-73(86)91-45-65-59-22-9-5-18-55(59)56-19-6-10-23-60(56)65)17-13-16-38-76-70(83)44-79-74(87)92-46-66-61-24-11-7-20-57(61)58-21-8-12-25-62(58)66/h5-12,18-25,27-36,40,51,64-67,75H,13-17,26,37-39,41-47H2,1-4H3,(H,76,83)(H,77,84)(H,78,86)(H,79,87)(H,80,85)/t51-,64?,67+/m1/s1. The number of hydrogen-bond acceptors (Lipinski definition) is 13. The van der Waals surface area contributed by atoms with E-state index in [1.807, 2.05) is 141 Å². The molecule has 2 aliphatic rings. The molecule has 0 heterocycles. The number of nitrogens with one attached hydrogen (secondary N) is 6. The number of benzene rings is 7. The molecule has 0 saturated carbocycles. The number of methoxy groups -OCH3 is 2. The molecule has 480 valence electrons. The van der Waals surface area contributed by atoms with Gasteiger partial charge in [0.25, 0.3) is 5.91 Å². The molecular formula is C74H82N6O12. The highest BCUT2D eigenvalue weighted by Crippen LogP contribution is 2.46. The fraction of sp³-hybridized carbons (Fsp3) is 0.338. The zero-order chi connectivity index (χ0) is 64.8. The average Bonchev–Trinajstić information content (AvgIpc) is 1.75. The number of amides is 5. The van der Waals surface area contributed by atoms with Crippen molar-refractivity contribution in [1.82, 2.24) is 31.9 Å². The lowest BCUT2D eigenvalue weighted by molar-refractivity contribution is -0.132. The van der Waals surface area contributed by atoms with Crippen molar-refractivity contribution in [2.75, 3.05) is 67.3 Å². The Balaban J connectivity index is 0.842. The lowest BCUT2D eigenvalue weighted by Gasteiger charge is -2.26. The van der Waals surface area contributed by atoms with Crippen molar-refractivity contribution in [3.05, 3.63) is 208 Å². The predicted octanol–water partition coefficient (Wildman–Crippen LogP) is 10.6. The van der Waals surface area contributed by atoms with E-state index in [4.69, 9.17) is 23.7 Å². The van der Waals surface area contributed by atoms with Crippen LogP contribution in [0.5, 0.6) is 17.2 Å². The van der Waals surface area contributed by atoms with Crippen LogP contribution in [0.15, 0.2) is 164 Å². The SMILES string of the molecule is CNCCCC[C@H](NC(=O)[C@H](CCCCNC(=O)CNC(=O)OCC1c2ccccc2-c2ccccc21)CC(=O)CNC(=O)OCC1c2ccccc2-c2ccccc21)C(=O)CC(c1ccc(OCC(=O)NCc2ccc(C)cc2)cc1)c1ccc(OC)cc1OC. The Kier molecular flexibility index (Phi) is 24.1. The van der Waals surface area contributed by atoms with E-state index in [1.165, 1.54) is 0 Å². The molecule has 0 saturated heterocycles. The van der Waals surface area contributed by atoms with Crippen molar-refractivity contribution in [2.24, 2.45) is 5.92 Å². The monoisotopic (exact) mass is 1250 g/mol. The van der Waals surface area contributed by atoms with Gasteiger partial charge in [-0.15, -0.1) is 0 Å². The zero-order valence-electron chi connectivity index (χ0n) is 52.7. The third kappa shape index (κ3) is 18.0. The highest BCUT2D eigenvalue weighted by molar-refractivity contribution is 5.93. The Hall–Kier alpha value is -9.81. The largest absolute Gasteiger partial charge is 0.497 e. The maximum absolute atomic E-state index is 15.0. The number of ether oxygens (including phenoxy) is 5. The van der Waals surface area contributed by atoms with E-state index in [-0.39, 0.29) is 75.7 Å². The third-order valence-electron chi connectivity index (χ3n) is 17.0. The second-order valence-electron chi connectivity index (χ2n) is 23.3. The van der Waals surface area contributed by atoms with E-state index in [0.29, 0.717) is 68.0 Å². The Morgan fingerprint density at radius 1 is 0.522 bits per heavy atom. The van der Waals surface area contributed by atoms with Gasteiger partial charge in [-0.2, -0.15) is 0 Å². The van der Waals surface area contributed by atoms with Crippen molar-refractivity contribution in [1.29, 1.82) is 0 Å². The molecule has 5 amide bonds. The number of aryl methyl sites for hydroxylation is 1. The molecule has 0 fully saturated rings. The summed E-state index contributed by atoms with van der Waals surface area (Å²) in [5, 5.41) is 17.1. The van der Waals surface area contributed by atoms with Crippen LogP contribution in [0.3, 0.4) is 0 Å². The predicted molar refractivity (Wildman–Crippen MR) is 352 cm³/mol. The lowest BCUT2D eigenvalue weighted by atomic mass is 9.84. The number of Topliss-reactive ketones (excluding diaryl/α,β-unsaturated/α-hetero) is 2. The second-order valence-corrected chi connectivity index (χ2v) is 23.3. The first-order valence-corrected chi connectivity index (χ1v) is 31.5. The minimum Gasteiger partial charge on any atom is -0.497 e. The first-order chi connectivity index (χ1) is 44.8. The van der Waals surface area contributed by atoms with E-state index < -0.39 is 54.2 Å². The molecule has 92 heavy (non-hydrogen) atoms. The van der Waals surface area contributed by atoms with Crippen LogP contribution in [0.2, 0.25) is 0 Å². The second kappa shape index (κ2) is 33.3. The van der Waals surface area contributed by atoms with Crippen molar-refractivity contribution in [2.45, 2.75) is 88.6 Å². The summed E-state index contributed by atoms with van der Waals surface area (Å²) in [6.45, 7) is 2.45. The zero-order valence-corrected chi connectivity index (χ0v) is 52.7. The molecule has 2 aliphatic carbocycles. The highest BCUT2D eigenvalue weighted by Gasteiger charge is 2.33. The van der Waals surface area contributed by atoms with Gasteiger partial charge in [0.15, 0.2) is 18.2 Å². The van der Waals surface area contributed by atoms with Gasteiger partial charge in [0.2, 0.25) is 11.8 Å². The summed E-state index contributed by atoms with van der Waals surface area (Å²) in [5.74, 6) is -2.29. The Morgan fingerprint density at radius 2 is 1.07 bits per heavy atom. The van der Waals surface area contributed by atoms with Crippen LogP contribution in [0, 0.1) is 12.8 Å². The molecule has 6 N–H and O–H groups in total. The fourth-order valence-corrected chi connectivity index (χ4v) is 12.1. The normalized spacial score (nSPS) is 13.0. The average molecular weight is 1250 g/mol. The third-order valence-corrected chi connectivity index (χ3v) is 17.0. The number of rotatable bonds is 34. The quantitative estimate of drug-likeness (QED) is 0.0206. The Bertz CT molecular complexity index is 3600. The van der Waals surface area contributed by atoms with Gasteiger partial charge in [-0.05, 0) is 126 Å². The summed E-state index contributed by atoms with van der Waals surface area (Å²) in [5.41, 5.74) is 12.1. The minimum absolute atomic E-state index is 0.0481. The minimum atomic E-state index is -0.966. The van der Waals surface area contributed by atoms with E-state index in [1.54, 1.807) is 38.5 Å². The molecule has 0 aromatic heterocycles. The topological polar surface area (TPSA) is 238 Å².